The monoisotopic (exact) mass is 551 g/mol. The summed E-state index contributed by atoms with van der Waals surface area (Å²) in [7, 11) is 0. The Morgan fingerprint density at radius 2 is 1.74 bits per heavy atom. The molecule has 0 spiro atoms. The van der Waals surface area contributed by atoms with Gasteiger partial charge < -0.3 is 20.0 Å². The van der Waals surface area contributed by atoms with Gasteiger partial charge in [0.25, 0.3) is 5.91 Å². The number of nitrogens with one attached hydrogen (secondary N) is 1. The molecule has 0 saturated carbocycles. The summed E-state index contributed by atoms with van der Waals surface area (Å²) in [5, 5.41) is 4.92. The lowest BCUT2D eigenvalue weighted by molar-refractivity contribution is -0.130. The van der Waals surface area contributed by atoms with Gasteiger partial charge in [-0.3, -0.25) is 14.4 Å². The molecule has 1 fully saturated rings. The summed E-state index contributed by atoms with van der Waals surface area (Å²) < 4.78 is 14.1. The maximum Gasteiger partial charge on any atom is 0.254 e. The van der Waals surface area contributed by atoms with Crippen LogP contribution >= 0.6 is 11.3 Å². The minimum atomic E-state index is -0.339. The molecular weight excluding hydrogens is 517 g/mol. The molecule has 10 heteroatoms. The molecule has 1 aromatic heterocycles. The normalized spacial score (nSPS) is 13.5. The van der Waals surface area contributed by atoms with E-state index >= 15 is 0 Å². The molecule has 2 heterocycles. The Hall–Kier alpha value is -3.79. The molecule has 1 aliphatic heterocycles. The van der Waals surface area contributed by atoms with E-state index < -0.39 is 0 Å². The Morgan fingerprint density at radius 1 is 1.05 bits per heavy atom. The minimum Gasteiger partial charge on any atom is -0.366 e. The van der Waals surface area contributed by atoms with Crippen LogP contribution in [0.4, 0.5) is 15.2 Å². The molecule has 2 aromatic carbocycles. The van der Waals surface area contributed by atoms with E-state index in [2.05, 4.69) is 10.3 Å². The van der Waals surface area contributed by atoms with Gasteiger partial charge in [0.2, 0.25) is 11.8 Å². The number of thiazole rings is 1. The first-order valence-corrected chi connectivity index (χ1v) is 14.0. The number of para-hydroxylation sites is 1. The van der Waals surface area contributed by atoms with Crippen molar-refractivity contribution in [3.8, 4) is 0 Å². The number of aryl methyl sites for hydroxylation is 1. The molecule has 8 nitrogen and oxygen atoms in total. The zero-order valence-corrected chi connectivity index (χ0v) is 23.3. The molecule has 0 unspecified atom stereocenters. The predicted molar refractivity (Wildman–Crippen MR) is 152 cm³/mol. The first-order chi connectivity index (χ1) is 18.7. The molecule has 206 valence electrons. The van der Waals surface area contributed by atoms with Crippen LogP contribution in [0.5, 0.6) is 0 Å². The number of carbonyl (C=O) groups excluding carboxylic acids is 3. The first kappa shape index (κ1) is 28.2. The van der Waals surface area contributed by atoms with Gasteiger partial charge in [0, 0.05) is 43.7 Å². The van der Waals surface area contributed by atoms with E-state index in [1.54, 1.807) is 39.4 Å². The molecule has 0 atom stereocenters. The summed E-state index contributed by atoms with van der Waals surface area (Å²) in [4.78, 5) is 48.5. The van der Waals surface area contributed by atoms with Gasteiger partial charge in [-0.1, -0.05) is 44.2 Å². The van der Waals surface area contributed by atoms with Gasteiger partial charge in [-0.2, -0.15) is 0 Å². The highest BCUT2D eigenvalue weighted by Crippen LogP contribution is 2.21. The summed E-state index contributed by atoms with van der Waals surface area (Å²) in [5.74, 6) is -0.650. The zero-order chi connectivity index (χ0) is 27.9. The average molecular weight is 552 g/mol. The van der Waals surface area contributed by atoms with E-state index in [0.717, 1.165) is 5.56 Å². The lowest BCUT2D eigenvalue weighted by Gasteiger charge is -2.36. The SMILES string of the molecule is Cc1ccccc1C(=O)N(CC(=O)Nc1nc(CC(=O)N2CCN(c3ccccc3F)CC2)cs1)CC(C)C. The number of halogens is 1. The second kappa shape index (κ2) is 12.8. The van der Waals surface area contributed by atoms with Crippen LogP contribution < -0.4 is 10.2 Å². The van der Waals surface area contributed by atoms with E-state index in [0.29, 0.717) is 54.8 Å². The van der Waals surface area contributed by atoms with Crippen molar-refractivity contribution in [1.82, 2.24) is 14.8 Å². The van der Waals surface area contributed by atoms with Gasteiger partial charge in [-0.05, 0) is 36.6 Å². The zero-order valence-electron chi connectivity index (χ0n) is 22.5. The molecule has 39 heavy (non-hydrogen) atoms. The van der Waals surface area contributed by atoms with E-state index in [1.165, 1.54) is 17.4 Å². The van der Waals surface area contributed by atoms with Crippen molar-refractivity contribution in [3.63, 3.8) is 0 Å². The van der Waals surface area contributed by atoms with Crippen LogP contribution in [-0.2, 0) is 16.0 Å². The van der Waals surface area contributed by atoms with E-state index in [1.807, 2.05) is 43.9 Å². The number of amides is 3. The van der Waals surface area contributed by atoms with Crippen molar-refractivity contribution in [2.45, 2.75) is 27.2 Å². The first-order valence-electron chi connectivity index (χ1n) is 13.1. The lowest BCUT2D eigenvalue weighted by atomic mass is 10.1. The van der Waals surface area contributed by atoms with Crippen molar-refractivity contribution < 1.29 is 18.8 Å². The maximum atomic E-state index is 14.1. The molecule has 0 radical (unpaired) electrons. The number of hydrogen-bond donors (Lipinski definition) is 1. The Kier molecular flexibility index (Phi) is 9.29. The van der Waals surface area contributed by atoms with Crippen molar-refractivity contribution in [2.75, 3.05) is 49.5 Å². The number of piperazine rings is 1. The van der Waals surface area contributed by atoms with Crippen LogP contribution in [-0.4, -0.2) is 71.8 Å². The summed E-state index contributed by atoms with van der Waals surface area (Å²) in [5.41, 5.74) is 2.57. The van der Waals surface area contributed by atoms with Gasteiger partial charge in [0.05, 0.1) is 17.8 Å². The number of rotatable bonds is 9. The third kappa shape index (κ3) is 7.41. The minimum absolute atomic E-state index is 0.0571. The van der Waals surface area contributed by atoms with Crippen molar-refractivity contribution in [2.24, 2.45) is 5.92 Å². The van der Waals surface area contributed by atoms with Crippen LogP contribution in [0.1, 0.15) is 35.5 Å². The number of benzene rings is 2. The number of nitrogens with zero attached hydrogens (tertiary/aromatic N) is 4. The smallest absolute Gasteiger partial charge is 0.254 e. The number of hydrogen-bond acceptors (Lipinski definition) is 6. The van der Waals surface area contributed by atoms with Crippen molar-refractivity contribution >= 4 is 39.9 Å². The Balaban J connectivity index is 1.30. The van der Waals surface area contributed by atoms with Gasteiger partial charge >= 0.3 is 0 Å². The Labute approximate surface area is 232 Å². The third-order valence-corrected chi connectivity index (χ3v) is 7.35. The third-order valence-electron chi connectivity index (χ3n) is 6.54. The molecule has 4 rings (SSSR count). The fourth-order valence-electron chi connectivity index (χ4n) is 4.59. The van der Waals surface area contributed by atoms with E-state index in [9.17, 15) is 18.8 Å². The Bertz CT molecular complexity index is 1320. The predicted octanol–water partition coefficient (Wildman–Crippen LogP) is 4.22. The highest BCUT2D eigenvalue weighted by Gasteiger charge is 2.24. The summed E-state index contributed by atoms with van der Waals surface area (Å²) in [6, 6.07) is 14.0. The highest BCUT2D eigenvalue weighted by atomic mass is 32.1. The molecule has 0 bridgehead atoms. The van der Waals surface area contributed by atoms with Crippen molar-refractivity contribution in [1.29, 1.82) is 0 Å². The molecule has 0 aliphatic carbocycles. The van der Waals surface area contributed by atoms with Gasteiger partial charge in [0.1, 0.15) is 12.4 Å². The van der Waals surface area contributed by atoms with Gasteiger partial charge in [-0.15, -0.1) is 11.3 Å². The van der Waals surface area contributed by atoms with Crippen LogP contribution in [0.2, 0.25) is 0 Å². The molecule has 1 aliphatic rings. The fourth-order valence-corrected chi connectivity index (χ4v) is 5.32. The highest BCUT2D eigenvalue weighted by molar-refractivity contribution is 7.13. The summed E-state index contributed by atoms with van der Waals surface area (Å²) >= 11 is 1.25. The lowest BCUT2D eigenvalue weighted by Crippen LogP contribution is -2.49. The number of anilines is 2. The average Bonchev–Trinajstić information content (AvgIpc) is 3.34. The van der Waals surface area contributed by atoms with Crippen LogP contribution in [0.3, 0.4) is 0 Å². The summed E-state index contributed by atoms with van der Waals surface area (Å²) in [6.07, 6.45) is 0.122. The van der Waals surface area contributed by atoms with E-state index in [4.69, 9.17) is 0 Å². The second-order valence-electron chi connectivity index (χ2n) is 10.1. The molecule has 1 saturated heterocycles. The fraction of sp³-hybridized carbons (Fsp3) is 0.379. The molecule has 1 N–H and O–H groups in total. The van der Waals surface area contributed by atoms with Gasteiger partial charge in [-0.25, -0.2) is 9.37 Å². The van der Waals surface area contributed by atoms with E-state index in [-0.39, 0.29) is 42.4 Å². The standard InChI is InChI=1S/C29H34FN5O3S/c1-20(2)17-35(28(38)23-9-5-4-8-21(23)3)18-26(36)32-29-31-22(19-39-29)16-27(37)34-14-12-33(13-15-34)25-11-7-6-10-24(25)30/h4-11,19-20H,12-18H2,1-3H3,(H,31,32,36). The summed E-state index contributed by atoms with van der Waals surface area (Å²) in [6.45, 7) is 8.34. The maximum absolute atomic E-state index is 14.1. The second-order valence-corrected chi connectivity index (χ2v) is 10.9. The number of aromatic nitrogens is 1. The van der Waals surface area contributed by atoms with Crippen LogP contribution in [0.25, 0.3) is 0 Å². The molecule has 3 amide bonds. The molecule has 3 aromatic rings. The van der Waals surface area contributed by atoms with Crippen LogP contribution in [0, 0.1) is 18.7 Å². The quantitative estimate of drug-likeness (QED) is 0.431. The van der Waals surface area contributed by atoms with Gasteiger partial charge in [0.15, 0.2) is 5.13 Å². The number of carbonyl (C=O) groups is 3. The largest absolute Gasteiger partial charge is 0.366 e. The van der Waals surface area contributed by atoms with Crippen LogP contribution in [0.15, 0.2) is 53.9 Å². The van der Waals surface area contributed by atoms with Crippen molar-refractivity contribution in [3.05, 3.63) is 76.5 Å². The Morgan fingerprint density at radius 3 is 2.44 bits per heavy atom. The molecular formula is C29H34FN5O3S. The topological polar surface area (TPSA) is 85.8 Å².